The minimum atomic E-state index is -0.609. The lowest BCUT2D eigenvalue weighted by Gasteiger charge is -2.33. The van der Waals surface area contributed by atoms with E-state index < -0.39 is 15.8 Å². The molecule has 1 fully saturated rings. The first-order valence-electron chi connectivity index (χ1n) is 11.6. The van der Waals surface area contributed by atoms with Gasteiger partial charge >= 0.3 is 0 Å². The van der Waals surface area contributed by atoms with Crippen molar-refractivity contribution < 1.29 is 4.74 Å². The molecule has 0 unspecified atom stereocenters. The van der Waals surface area contributed by atoms with Gasteiger partial charge in [0.25, 0.3) is 0 Å². The second kappa shape index (κ2) is 9.36. The molecule has 1 saturated heterocycles. The van der Waals surface area contributed by atoms with E-state index >= 15 is 0 Å². The average Bonchev–Trinajstić information content (AvgIpc) is 3.48. The van der Waals surface area contributed by atoms with Crippen LogP contribution >= 0.6 is 15.8 Å². The molecule has 0 amide bonds. The number of ether oxygens (including phenoxy) is 1. The maximum Gasteiger partial charge on any atom is 0.0915 e. The Balaban J connectivity index is 1.43. The van der Waals surface area contributed by atoms with Gasteiger partial charge in [-0.05, 0) is 54.9 Å². The van der Waals surface area contributed by atoms with Crippen molar-refractivity contribution in [2.45, 2.75) is 24.3 Å². The number of hydrogen-bond acceptors (Lipinski definition) is 1. The molecule has 6 rings (SSSR count). The summed E-state index contributed by atoms with van der Waals surface area (Å²) in [5.41, 5.74) is 0.493. The van der Waals surface area contributed by atoms with Gasteiger partial charge in [0, 0.05) is 5.66 Å². The molecule has 2 aliphatic rings. The quantitative estimate of drug-likeness (QED) is 0.334. The molecule has 4 aromatic rings. The Labute approximate surface area is 198 Å². The van der Waals surface area contributed by atoms with Crippen LogP contribution in [0.3, 0.4) is 0 Å². The second-order valence-corrected chi connectivity index (χ2v) is 13.2. The molecular formula is C30H26OP2. The Morgan fingerprint density at radius 2 is 0.970 bits per heavy atom. The van der Waals surface area contributed by atoms with Crippen LogP contribution in [-0.4, -0.2) is 17.9 Å². The minimum Gasteiger partial charge on any atom is -0.365 e. The molecular weight excluding hydrogens is 438 g/mol. The summed E-state index contributed by atoms with van der Waals surface area (Å²) in [4.78, 5) is 0. The molecule has 0 aromatic heterocycles. The molecule has 2 aliphatic heterocycles. The van der Waals surface area contributed by atoms with Crippen LogP contribution in [0.15, 0.2) is 133 Å². The summed E-state index contributed by atoms with van der Waals surface area (Å²) in [7, 11) is -1.12. The Morgan fingerprint density at radius 1 is 0.545 bits per heavy atom. The van der Waals surface area contributed by atoms with Crippen LogP contribution in [0.1, 0.15) is 6.42 Å². The summed E-state index contributed by atoms with van der Waals surface area (Å²) in [5, 5.41) is 7.21. The molecule has 3 heteroatoms. The molecule has 0 radical (unpaired) electrons. The number of fused-ring (bicyclic) bond motifs is 2. The van der Waals surface area contributed by atoms with Crippen LogP contribution < -0.4 is 21.2 Å². The van der Waals surface area contributed by atoms with Crippen molar-refractivity contribution in [3.8, 4) is 0 Å². The van der Waals surface area contributed by atoms with Crippen LogP contribution in [0.5, 0.6) is 0 Å². The minimum absolute atomic E-state index is 0.174. The predicted octanol–water partition coefficient (Wildman–Crippen LogP) is 5.68. The Morgan fingerprint density at radius 3 is 1.39 bits per heavy atom. The standard InChI is InChI=1S/C30H26OP2/c1-5-13-24(14-6-1)32(25-15-7-2-8-16-25)28-21-23-22-29(30(28)31-23)33(26-17-9-3-10-18-26)27-19-11-4-12-20-27/h1-21,23,29-30H,22H2/t23-,29+,30+/m1/s1. The molecule has 162 valence electrons. The molecule has 2 heterocycles. The smallest absolute Gasteiger partial charge is 0.0915 e. The fourth-order valence-corrected chi connectivity index (χ4v) is 10.8. The van der Waals surface area contributed by atoms with Crippen LogP contribution in [0.2, 0.25) is 0 Å². The van der Waals surface area contributed by atoms with Gasteiger partial charge in [0.2, 0.25) is 0 Å². The van der Waals surface area contributed by atoms with E-state index in [1.807, 2.05) is 0 Å². The van der Waals surface area contributed by atoms with E-state index in [0.717, 1.165) is 6.42 Å². The van der Waals surface area contributed by atoms with Crippen molar-refractivity contribution >= 4 is 37.1 Å². The van der Waals surface area contributed by atoms with Gasteiger partial charge in [-0.15, -0.1) is 0 Å². The highest BCUT2D eigenvalue weighted by molar-refractivity contribution is 7.77. The van der Waals surface area contributed by atoms with E-state index in [1.54, 1.807) is 0 Å². The molecule has 1 nitrogen and oxygen atoms in total. The Kier molecular flexibility index (Phi) is 5.96. The highest BCUT2D eigenvalue weighted by Gasteiger charge is 2.48. The van der Waals surface area contributed by atoms with E-state index in [9.17, 15) is 0 Å². The fraction of sp³-hybridized carbons (Fsp3) is 0.133. The normalized spacial score (nSPS) is 21.5. The van der Waals surface area contributed by atoms with E-state index in [1.165, 1.54) is 26.5 Å². The van der Waals surface area contributed by atoms with Gasteiger partial charge in [0.15, 0.2) is 0 Å². The average molecular weight is 464 g/mol. The first-order chi connectivity index (χ1) is 16.4. The molecule has 0 spiro atoms. The largest absolute Gasteiger partial charge is 0.365 e. The van der Waals surface area contributed by atoms with Gasteiger partial charge in [-0.25, -0.2) is 0 Å². The van der Waals surface area contributed by atoms with Crippen molar-refractivity contribution in [3.63, 3.8) is 0 Å². The molecule has 2 bridgehead atoms. The highest BCUT2D eigenvalue weighted by atomic mass is 31.1. The van der Waals surface area contributed by atoms with Crippen LogP contribution in [0.4, 0.5) is 0 Å². The lowest BCUT2D eigenvalue weighted by molar-refractivity contribution is 0.120. The van der Waals surface area contributed by atoms with Gasteiger partial charge in [0.1, 0.15) is 0 Å². The van der Waals surface area contributed by atoms with E-state index in [2.05, 4.69) is 127 Å². The SMILES string of the molecule is C1=C(P(c2ccccc2)c2ccccc2)[C@@H]2O[C@H]1C[C@@H]2P(c1ccccc1)c1ccccc1. The van der Waals surface area contributed by atoms with Crippen LogP contribution in [0.25, 0.3) is 0 Å². The summed E-state index contributed by atoms with van der Waals surface area (Å²) in [5.74, 6) is 0. The van der Waals surface area contributed by atoms with Gasteiger partial charge in [0.05, 0.1) is 12.2 Å². The zero-order chi connectivity index (χ0) is 22.0. The third-order valence-corrected chi connectivity index (χ3v) is 11.9. The van der Waals surface area contributed by atoms with Crippen molar-refractivity contribution in [3.05, 3.63) is 133 Å². The highest BCUT2D eigenvalue weighted by Crippen LogP contribution is 2.59. The van der Waals surface area contributed by atoms with Crippen molar-refractivity contribution in [2.24, 2.45) is 0 Å². The zero-order valence-electron chi connectivity index (χ0n) is 18.4. The first kappa shape index (κ1) is 21.0. The maximum absolute atomic E-state index is 6.69. The number of rotatable bonds is 6. The Bertz CT molecular complexity index is 1150. The Hall–Kier alpha value is -2.56. The van der Waals surface area contributed by atoms with Crippen molar-refractivity contribution in [1.82, 2.24) is 0 Å². The molecule has 4 aromatic carbocycles. The molecule has 0 N–H and O–H groups in total. The number of benzene rings is 4. The van der Waals surface area contributed by atoms with Crippen LogP contribution in [-0.2, 0) is 4.74 Å². The lowest BCUT2D eigenvalue weighted by atomic mass is 10.1. The molecule has 33 heavy (non-hydrogen) atoms. The van der Waals surface area contributed by atoms with Gasteiger partial charge in [-0.3, -0.25) is 0 Å². The first-order valence-corrected chi connectivity index (χ1v) is 14.3. The fourth-order valence-electron chi connectivity index (χ4n) is 5.11. The van der Waals surface area contributed by atoms with E-state index in [4.69, 9.17) is 4.74 Å². The lowest BCUT2D eigenvalue weighted by Crippen LogP contribution is -2.31. The third-order valence-electron chi connectivity index (χ3n) is 6.48. The van der Waals surface area contributed by atoms with Crippen molar-refractivity contribution in [1.29, 1.82) is 0 Å². The summed E-state index contributed by atoms with van der Waals surface area (Å²) >= 11 is 0. The summed E-state index contributed by atoms with van der Waals surface area (Å²) in [6.45, 7) is 0. The van der Waals surface area contributed by atoms with Gasteiger partial charge in [-0.2, -0.15) is 0 Å². The monoisotopic (exact) mass is 464 g/mol. The van der Waals surface area contributed by atoms with Gasteiger partial charge in [-0.1, -0.05) is 121 Å². The third kappa shape index (κ3) is 4.11. The summed E-state index contributed by atoms with van der Waals surface area (Å²) in [6.07, 6.45) is 3.96. The number of hydrogen-bond donors (Lipinski definition) is 0. The molecule has 0 aliphatic carbocycles. The zero-order valence-corrected chi connectivity index (χ0v) is 20.2. The van der Waals surface area contributed by atoms with E-state index in [0.29, 0.717) is 5.66 Å². The van der Waals surface area contributed by atoms with E-state index in [-0.39, 0.29) is 12.2 Å². The summed E-state index contributed by atoms with van der Waals surface area (Å²) < 4.78 is 6.69. The topological polar surface area (TPSA) is 9.23 Å². The van der Waals surface area contributed by atoms with Crippen molar-refractivity contribution in [2.75, 3.05) is 0 Å². The predicted molar refractivity (Wildman–Crippen MR) is 143 cm³/mol. The second-order valence-electron chi connectivity index (χ2n) is 8.54. The van der Waals surface area contributed by atoms with Gasteiger partial charge < -0.3 is 4.74 Å². The van der Waals surface area contributed by atoms with Crippen LogP contribution in [0, 0.1) is 0 Å². The maximum atomic E-state index is 6.69. The molecule has 3 atom stereocenters. The molecule has 0 saturated carbocycles. The summed E-state index contributed by atoms with van der Waals surface area (Å²) in [6, 6.07) is 44.3.